The Morgan fingerprint density at radius 2 is 1.80 bits per heavy atom. The van der Waals surface area contributed by atoms with E-state index >= 15 is 0 Å². The van der Waals surface area contributed by atoms with Crippen molar-refractivity contribution in [3.8, 4) is 11.1 Å². The van der Waals surface area contributed by atoms with Crippen molar-refractivity contribution >= 4 is 22.4 Å². The molecular weight excluding hydrogens is 268 g/mol. The Kier molecular flexibility index (Phi) is 4.16. The minimum atomic E-state index is 0.554. The summed E-state index contributed by atoms with van der Waals surface area (Å²) in [7, 11) is 0. The number of hydrogen-bond acceptors (Lipinski definition) is 5. The minimum Gasteiger partial charge on any atom is -0.382 e. The van der Waals surface area contributed by atoms with Gasteiger partial charge in [0.15, 0.2) is 0 Å². The monoisotopic (exact) mass is 288 g/mol. The predicted molar refractivity (Wildman–Crippen MR) is 84.9 cm³/mol. The van der Waals surface area contributed by atoms with Gasteiger partial charge < -0.3 is 11.1 Å². The van der Waals surface area contributed by atoms with E-state index in [1.165, 1.54) is 50.1 Å². The summed E-state index contributed by atoms with van der Waals surface area (Å²) in [6.45, 7) is 0. The van der Waals surface area contributed by atoms with Crippen LogP contribution in [0.25, 0.3) is 11.1 Å². The first-order valence-corrected chi connectivity index (χ1v) is 8.04. The van der Waals surface area contributed by atoms with Crippen LogP contribution < -0.4 is 11.1 Å². The molecule has 2 aromatic heterocycles. The van der Waals surface area contributed by atoms with Crippen LogP contribution >= 0.6 is 11.5 Å². The number of nitrogen functional groups attached to an aromatic ring is 1. The average Bonchev–Trinajstić information content (AvgIpc) is 2.67. The van der Waals surface area contributed by atoms with Gasteiger partial charge >= 0.3 is 0 Å². The van der Waals surface area contributed by atoms with Crippen molar-refractivity contribution in [3.63, 3.8) is 0 Å². The maximum absolute atomic E-state index is 6.05. The van der Waals surface area contributed by atoms with E-state index in [4.69, 9.17) is 5.73 Å². The highest BCUT2D eigenvalue weighted by Gasteiger charge is 2.18. The highest BCUT2D eigenvalue weighted by molar-refractivity contribution is 7.11. The molecule has 3 N–H and O–H groups in total. The molecule has 1 fully saturated rings. The van der Waals surface area contributed by atoms with E-state index in [0.29, 0.717) is 11.9 Å². The van der Waals surface area contributed by atoms with Gasteiger partial charge in [-0.1, -0.05) is 25.7 Å². The molecule has 2 heterocycles. The Bertz CT molecular complexity index is 544. The van der Waals surface area contributed by atoms with Gasteiger partial charge in [0.2, 0.25) is 0 Å². The molecule has 1 aliphatic carbocycles. The van der Waals surface area contributed by atoms with Crippen LogP contribution in [0.2, 0.25) is 0 Å². The van der Waals surface area contributed by atoms with Crippen molar-refractivity contribution in [2.45, 2.75) is 44.6 Å². The standard InChI is InChI=1S/C15H20N4S/c16-14-13(11-7-9-17-10-8-11)15(20-19-14)18-12-5-3-1-2-4-6-12/h7-10,12,18H,1-6H2,(H2,16,19). The van der Waals surface area contributed by atoms with Crippen LogP contribution in [0, 0.1) is 0 Å². The van der Waals surface area contributed by atoms with Gasteiger partial charge in [0.05, 0.1) is 5.56 Å². The first kappa shape index (κ1) is 13.4. The number of rotatable bonds is 3. The van der Waals surface area contributed by atoms with E-state index in [9.17, 15) is 0 Å². The van der Waals surface area contributed by atoms with E-state index in [1.54, 1.807) is 12.4 Å². The van der Waals surface area contributed by atoms with E-state index in [1.807, 2.05) is 12.1 Å². The number of nitrogens with two attached hydrogens (primary N) is 1. The molecule has 0 spiro atoms. The fraction of sp³-hybridized carbons (Fsp3) is 0.467. The number of aromatic nitrogens is 2. The Hall–Kier alpha value is -1.62. The molecule has 2 aromatic rings. The fourth-order valence-corrected chi connectivity index (χ4v) is 3.62. The summed E-state index contributed by atoms with van der Waals surface area (Å²) >= 11 is 1.46. The smallest absolute Gasteiger partial charge is 0.147 e. The zero-order chi connectivity index (χ0) is 13.8. The van der Waals surface area contributed by atoms with Crippen molar-refractivity contribution < 1.29 is 0 Å². The quantitative estimate of drug-likeness (QED) is 0.840. The topological polar surface area (TPSA) is 63.8 Å². The first-order valence-electron chi connectivity index (χ1n) is 7.26. The van der Waals surface area contributed by atoms with E-state index in [-0.39, 0.29) is 0 Å². The number of pyridine rings is 1. The van der Waals surface area contributed by atoms with Crippen molar-refractivity contribution in [2.75, 3.05) is 11.1 Å². The lowest BCUT2D eigenvalue weighted by molar-refractivity contribution is 0.621. The van der Waals surface area contributed by atoms with Crippen LogP contribution in [-0.4, -0.2) is 15.4 Å². The summed E-state index contributed by atoms with van der Waals surface area (Å²) in [6.07, 6.45) is 11.4. The average molecular weight is 288 g/mol. The zero-order valence-corrected chi connectivity index (χ0v) is 12.3. The van der Waals surface area contributed by atoms with E-state index < -0.39 is 0 Å². The number of hydrogen-bond donors (Lipinski definition) is 2. The minimum absolute atomic E-state index is 0.554. The molecule has 106 valence electrons. The molecule has 0 radical (unpaired) electrons. The summed E-state index contributed by atoms with van der Waals surface area (Å²) in [4.78, 5) is 4.06. The van der Waals surface area contributed by atoms with Crippen molar-refractivity contribution in [2.24, 2.45) is 0 Å². The number of nitrogens with zero attached hydrogens (tertiary/aromatic N) is 2. The molecule has 0 amide bonds. The molecule has 0 aliphatic heterocycles. The van der Waals surface area contributed by atoms with Gasteiger partial charge in [0.1, 0.15) is 10.8 Å². The molecule has 20 heavy (non-hydrogen) atoms. The third-order valence-electron chi connectivity index (χ3n) is 3.88. The van der Waals surface area contributed by atoms with Crippen LogP contribution in [0.5, 0.6) is 0 Å². The van der Waals surface area contributed by atoms with Gasteiger partial charge in [-0.3, -0.25) is 4.98 Å². The number of anilines is 2. The summed E-state index contributed by atoms with van der Waals surface area (Å²) in [5.74, 6) is 0.609. The Labute approximate surface area is 123 Å². The van der Waals surface area contributed by atoms with Crippen LogP contribution in [0.15, 0.2) is 24.5 Å². The summed E-state index contributed by atoms with van der Waals surface area (Å²) in [6, 6.07) is 4.52. The lowest BCUT2D eigenvalue weighted by atomic mass is 10.1. The van der Waals surface area contributed by atoms with E-state index in [2.05, 4.69) is 14.7 Å². The maximum Gasteiger partial charge on any atom is 0.147 e. The zero-order valence-electron chi connectivity index (χ0n) is 11.5. The molecule has 0 aromatic carbocycles. The molecule has 3 rings (SSSR count). The van der Waals surface area contributed by atoms with Crippen LogP contribution in [-0.2, 0) is 0 Å². The molecule has 1 aliphatic rings. The highest BCUT2D eigenvalue weighted by atomic mass is 32.1. The van der Waals surface area contributed by atoms with Crippen LogP contribution in [0.3, 0.4) is 0 Å². The second-order valence-electron chi connectivity index (χ2n) is 5.34. The normalized spacial score (nSPS) is 16.8. The van der Waals surface area contributed by atoms with Gasteiger partial charge in [-0.05, 0) is 42.1 Å². The Morgan fingerprint density at radius 3 is 2.50 bits per heavy atom. The lowest BCUT2D eigenvalue weighted by Crippen LogP contribution is -2.17. The third kappa shape index (κ3) is 2.93. The summed E-state index contributed by atoms with van der Waals surface area (Å²) in [5, 5.41) is 4.76. The fourth-order valence-electron chi connectivity index (χ4n) is 2.81. The molecule has 5 heteroatoms. The van der Waals surface area contributed by atoms with Crippen molar-refractivity contribution in [3.05, 3.63) is 24.5 Å². The van der Waals surface area contributed by atoms with Gasteiger partial charge in [0.25, 0.3) is 0 Å². The largest absolute Gasteiger partial charge is 0.382 e. The number of nitrogens with one attached hydrogen (secondary N) is 1. The maximum atomic E-state index is 6.05. The Balaban J connectivity index is 1.83. The van der Waals surface area contributed by atoms with Crippen molar-refractivity contribution in [1.29, 1.82) is 0 Å². The summed E-state index contributed by atoms with van der Waals surface area (Å²) < 4.78 is 4.32. The van der Waals surface area contributed by atoms with Gasteiger partial charge in [-0.25, -0.2) is 0 Å². The first-order chi connectivity index (χ1) is 9.84. The molecule has 0 atom stereocenters. The third-order valence-corrected chi connectivity index (χ3v) is 4.67. The molecule has 1 saturated carbocycles. The Morgan fingerprint density at radius 1 is 1.10 bits per heavy atom. The van der Waals surface area contributed by atoms with Gasteiger partial charge in [-0.2, -0.15) is 4.37 Å². The second-order valence-corrected chi connectivity index (χ2v) is 6.11. The highest BCUT2D eigenvalue weighted by Crippen LogP contribution is 2.37. The predicted octanol–water partition coefficient (Wildman–Crippen LogP) is 3.92. The molecule has 0 bridgehead atoms. The van der Waals surface area contributed by atoms with Gasteiger partial charge in [-0.15, -0.1) is 0 Å². The summed E-state index contributed by atoms with van der Waals surface area (Å²) in [5.41, 5.74) is 8.16. The molecular formula is C15H20N4S. The second kappa shape index (κ2) is 6.22. The lowest BCUT2D eigenvalue weighted by Gasteiger charge is -2.17. The van der Waals surface area contributed by atoms with Crippen LogP contribution in [0.4, 0.5) is 10.8 Å². The van der Waals surface area contributed by atoms with Gasteiger partial charge in [0, 0.05) is 18.4 Å². The molecule has 0 saturated heterocycles. The van der Waals surface area contributed by atoms with E-state index in [0.717, 1.165) is 16.1 Å². The van der Waals surface area contributed by atoms with Crippen molar-refractivity contribution in [1.82, 2.24) is 9.36 Å². The SMILES string of the molecule is Nc1nsc(NC2CCCCCC2)c1-c1ccncc1. The van der Waals surface area contributed by atoms with Crippen LogP contribution in [0.1, 0.15) is 38.5 Å². The molecule has 0 unspecified atom stereocenters. The molecule has 4 nitrogen and oxygen atoms in total.